The van der Waals surface area contributed by atoms with Crippen LogP contribution >= 0.6 is 12.4 Å². The van der Waals surface area contributed by atoms with Crippen molar-refractivity contribution < 1.29 is 14.3 Å². The number of hydrogen-bond donors (Lipinski definition) is 1. The van der Waals surface area contributed by atoms with Gasteiger partial charge in [0.1, 0.15) is 5.60 Å². The number of esters is 1. The fourth-order valence-corrected chi connectivity index (χ4v) is 2.51. The molecule has 0 spiro atoms. The number of carbonyl (C=O) groups is 2. The lowest BCUT2D eigenvalue weighted by Gasteiger charge is -2.32. The molecule has 6 heteroatoms. The van der Waals surface area contributed by atoms with E-state index in [1.807, 2.05) is 36.4 Å². The Kier molecular flexibility index (Phi) is 7.80. The van der Waals surface area contributed by atoms with Crippen LogP contribution in [0.25, 0.3) is 0 Å². The molecule has 2 aromatic rings. The second-order valence-electron chi connectivity index (χ2n) is 6.65. The van der Waals surface area contributed by atoms with Crippen molar-refractivity contribution in [2.45, 2.75) is 32.4 Å². The molecule has 2 N–H and O–H groups in total. The monoisotopic (exact) mass is 376 g/mol. The second-order valence-corrected chi connectivity index (χ2v) is 6.65. The van der Waals surface area contributed by atoms with Crippen LogP contribution in [0.1, 0.15) is 32.4 Å². The minimum Gasteiger partial charge on any atom is -0.458 e. The fourth-order valence-electron chi connectivity index (χ4n) is 2.51. The van der Waals surface area contributed by atoms with Gasteiger partial charge in [-0.3, -0.25) is 9.69 Å². The molecular weight excluding hydrogens is 352 g/mol. The third-order valence-corrected chi connectivity index (χ3v) is 3.48. The maximum Gasteiger partial charge on any atom is 0.334 e. The molecule has 5 nitrogen and oxygen atoms in total. The summed E-state index contributed by atoms with van der Waals surface area (Å²) in [4.78, 5) is 26.9. The van der Waals surface area contributed by atoms with Crippen LogP contribution in [0.5, 0.6) is 0 Å². The molecule has 0 heterocycles. The molecule has 0 unspecified atom stereocenters. The molecule has 0 saturated carbocycles. The lowest BCUT2D eigenvalue weighted by molar-refractivity contribution is -0.157. The summed E-state index contributed by atoms with van der Waals surface area (Å²) in [6.07, 6.45) is 0. The van der Waals surface area contributed by atoms with Gasteiger partial charge in [0, 0.05) is 5.69 Å². The largest absolute Gasteiger partial charge is 0.458 e. The van der Waals surface area contributed by atoms with Crippen LogP contribution in [-0.2, 0) is 14.3 Å². The number of nitrogens with zero attached hydrogens (tertiary/aromatic N) is 1. The molecule has 1 amide bonds. The molecule has 140 valence electrons. The second kappa shape index (κ2) is 9.36. The van der Waals surface area contributed by atoms with Gasteiger partial charge in [0.15, 0.2) is 6.04 Å². The maximum absolute atomic E-state index is 12.9. The Balaban J connectivity index is 0.00000338. The molecule has 26 heavy (non-hydrogen) atoms. The molecule has 0 aliphatic heterocycles. The highest BCUT2D eigenvalue weighted by molar-refractivity contribution is 6.01. The van der Waals surface area contributed by atoms with Gasteiger partial charge in [-0.1, -0.05) is 48.5 Å². The van der Waals surface area contributed by atoms with Crippen molar-refractivity contribution in [3.63, 3.8) is 0 Å². The van der Waals surface area contributed by atoms with E-state index in [2.05, 4.69) is 0 Å². The van der Waals surface area contributed by atoms with E-state index in [0.29, 0.717) is 11.3 Å². The number of halogens is 1. The Bertz CT molecular complexity index is 715. The van der Waals surface area contributed by atoms with Gasteiger partial charge in [-0.15, -0.1) is 12.4 Å². The number of benzene rings is 2. The lowest BCUT2D eigenvalue weighted by atomic mass is 10.0. The van der Waals surface area contributed by atoms with Crippen LogP contribution in [0, 0.1) is 0 Å². The molecule has 0 aromatic heterocycles. The number of amides is 1. The van der Waals surface area contributed by atoms with Gasteiger partial charge in [0.2, 0.25) is 5.91 Å². The van der Waals surface area contributed by atoms with E-state index >= 15 is 0 Å². The van der Waals surface area contributed by atoms with Crippen molar-refractivity contribution in [1.82, 2.24) is 0 Å². The highest BCUT2D eigenvalue weighted by atomic mass is 35.5. The Morgan fingerprint density at radius 3 is 1.96 bits per heavy atom. The topological polar surface area (TPSA) is 72.6 Å². The van der Waals surface area contributed by atoms with E-state index in [1.54, 1.807) is 45.0 Å². The predicted octanol–water partition coefficient (Wildman–Crippen LogP) is 3.48. The first kappa shape index (κ1) is 21.7. The standard InChI is InChI=1S/C20H24N2O3.ClH/c1-20(2,3)25-19(24)18(15-10-6-4-7-11-15)22(17(23)14-21)16-12-8-5-9-13-16;/h4-13,18H,14,21H2,1-3H3;1H/t18-;/m0./s1. The predicted molar refractivity (Wildman–Crippen MR) is 105 cm³/mol. The number of anilines is 1. The Labute approximate surface area is 160 Å². The Morgan fingerprint density at radius 1 is 1.00 bits per heavy atom. The van der Waals surface area contributed by atoms with Crippen molar-refractivity contribution in [2.75, 3.05) is 11.4 Å². The van der Waals surface area contributed by atoms with Crippen LogP contribution < -0.4 is 10.6 Å². The molecule has 1 atom stereocenters. The molecule has 0 fully saturated rings. The average Bonchev–Trinajstić information content (AvgIpc) is 2.58. The zero-order valence-corrected chi connectivity index (χ0v) is 16.0. The summed E-state index contributed by atoms with van der Waals surface area (Å²) < 4.78 is 5.58. The van der Waals surface area contributed by atoms with Gasteiger partial charge in [0.25, 0.3) is 0 Å². The summed E-state index contributed by atoms with van der Waals surface area (Å²) in [7, 11) is 0. The van der Waals surface area contributed by atoms with Gasteiger partial charge in [-0.05, 0) is 38.5 Å². The van der Waals surface area contributed by atoms with Crippen molar-refractivity contribution in [3.05, 3.63) is 66.2 Å². The number of ether oxygens (including phenoxy) is 1. The van der Waals surface area contributed by atoms with Gasteiger partial charge in [-0.2, -0.15) is 0 Å². The molecule has 0 aliphatic rings. The number of para-hydroxylation sites is 1. The van der Waals surface area contributed by atoms with Crippen molar-refractivity contribution in [1.29, 1.82) is 0 Å². The van der Waals surface area contributed by atoms with Crippen LogP contribution in [0.4, 0.5) is 5.69 Å². The zero-order valence-electron chi connectivity index (χ0n) is 15.2. The maximum atomic E-state index is 12.9. The molecule has 0 bridgehead atoms. The van der Waals surface area contributed by atoms with E-state index in [1.165, 1.54) is 4.90 Å². The van der Waals surface area contributed by atoms with E-state index in [-0.39, 0.29) is 24.9 Å². The third kappa shape index (κ3) is 5.58. The molecule has 0 aliphatic carbocycles. The van der Waals surface area contributed by atoms with Gasteiger partial charge in [-0.25, -0.2) is 4.79 Å². The van der Waals surface area contributed by atoms with Gasteiger partial charge in [0.05, 0.1) is 6.54 Å². The molecule has 0 saturated heterocycles. The van der Waals surface area contributed by atoms with E-state index in [4.69, 9.17) is 10.5 Å². The van der Waals surface area contributed by atoms with Crippen LogP contribution in [0.2, 0.25) is 0 Å². The van der Waals surface area contributed by atoms with Crippen LogP contribution in [0.15, 0.2) is 60.7 Å². The summed E-state index contributed by atoms with van der Waals surface area (Å²) in [6, 6.07) is 17.2. The van der Waals surface area contributed by atoms with Gasteiger partial charge >= 0.3 is 5.97 Å². The van der Waals surface area contributed by atoms with Crippen molar-refractivity contribution in [2.24, 2.45) is 5.73 Å². The number of carbonyl (C=O) groups excluding carboxylic acids is 2. The number of rotatable bonds is 5. The molecular formula is C20H25ClN2O3. The molecule has 0 radical (unpaired) electrons. The fraction of sp³-hybridized carbons (Fsp3) is 0.300. The van der Waals surface area contributed by atoms with Crippen LogP contribution in [0.3, 0.4) is 0 Å². The first-order valence-electron chi connectivity index (χ1n) is 8.18. The molecule has 2 aromatic carbocycles. The minimum atomic E-state index is -0.904. The third-order valence-electron chi connectivity index (χ3n) is 3.48. The summed E-state index contributed by atoms with van der Waals surface area (Å²) in [5.74, 6) is -0.852. The summed E-state index contributed by atoms with van der Waals surface area (Å²) in [6.45, 7) is 5.18. The summed E-state index contributed by atoms with van der Waals surface area (Å²) in [5.41, 5.74) is 6.21. The normalized spacial score (nSPS) is 11.8. The van der Waals surface area contributed by atoms with E-state index in [0.717, 1.165) is 0 Å². The highest BCUT2D eigenvalue weighted by Crippen LogP contribution is 2.30. The van der Waals surface area contributed by atoms with Gasteiger partial charge < -0.3 is 10.5 Å². The lowest BCUT2D eigenvalue weighted by Crippen LogP contribution is -2.44. The summed E-state index contributed by atoms with van der Waals surface area (Å²) >= 11 is 0. The summed E-state index contributed by atoms with van der Waals surface area (Å²) in [5, 5.41) is 0. The average molecular weight is 377 g/mol. The van der Waals surface area contributed by atoms with Crippen molar-refractivity contribution >= 4 is 30.0 Å². The zero-order chi connectivity index (χ0) is 18.4. The Morgan fingerprint density at radius 2 is 1.50 bits per heavy atom. The quantitative estimate of drug-likeness (QED) is 0.811. The van der Waals surface area contributed by atoms with E-state index < -0.39 is 17.6 Å². The number of hydrogen-bond acceptors (Lipinski definition) is 4. The first-order chi connectivity index (χ1) is 11.8. The first-order valence-corrected chi connectivity index (χ1v) is 8.18. The minimum absolute atomic E-state index is 0. The Hall–Kier alpha value is -2.37. The van der Waals surface area contributed by atoms with Crippen LogP contribution in [-0.4, -0.2) is 24.0 Å². The SMILES string of the molecule is CC(C)(C)OC(=O)[C@H](c1ccccc1)N(C(=O)CN)c1ccccc1.Cl. The van der Waals surface area contributed by atoms with Crippen molar-refractivity contribution in [3.8, 4) is 0 Å². The smallest absolute Gasteiger partial charge is 0.334 e. The highest BCUT2D eigenvalue weighted by Gasteiger charge is 2.35. The van der Waals surface area contributed by atoms with E-state index in [9.17, 15) is 9.59 Å². The molecule has 2 rings (SSSR count). The number of nitrogens with two attached hydrogens (primary N) is 1.